The van der Waals surface area contributed by atoms with Crippen LogP contribution in [0.1, 0.15) is 11.3 Å². The molecule has 0 fully saturated rings. The van der Waals surface area contributed by atoms with E-state index in [1.54, 1.807) is 25.4 Å². The van der Waals surface area contributed by atoms with E-state index in [0.717, 1.165) is 22.7 Å². The zero-order valence-corrected chi connectivity index (χ0v) is 11.5. The summed E-state index contributed by atoms with van der Waals surface area (Å²) in [7, 11) is 1.62. The van der Waals surface area contributed by atoms with Crippen LogP contribution in [0.3, 0.4) is 0 Å². The molecule has 1 heterocycles. The Bertz CT molecular complexity index is 622. The quantitative estimate of drug-likeness (QED) is 0.867. The molecule has 0 radical (unpaired) electrons. The van der Waals surface area contributed by atoms with Gasteiger partial charge in [0.05, 0.1) is 12.8 Å². The van der Waals surface area contributed by atoms with Crippen LogP contribution in [0, 0.1) is 6.92 Å². The Labute approximate surface area is 118 Å². The van der Waals surface area contributed by atoms with E-state index in [1.807, 2.05) is 37.3 Å². The van der Waals surface area contributed by atoms with E-state index in [-0.39, 0.29) is 5.91 Å². The lowest BCUT2D eigenvalue weighted by atomic mass is 10.2. The third-order valence-corrected chi connectivity index (χ3v) is 2.76. The molecule has 0 saturated heterocycles. The minimum absolute atomic E-state index is 0.194. The number of nitrogens with one attached hydrogen (secondary N) is 1. The van der Waals surface area contributed by atoms with Crippen LogP contribution in [0.5, 0.6) is 5.75 Å². The van der Waals surface area contributed by atoms with Gasteiger partial charge in [0, 0.05) is 18.0 Å². The number of benzene rings is 1. The molecular formula is C16H16N2O2. The highest BCUT2D eigenvalue weighted by molar-refractivity contribution is 6.01. The number of pyridine rings is 1. The topological polar surface area (TPSA) is 51.2 Å². The van der Waals surface area contributed by atoms with E-state index < -0.39 is 0 Å². The summed E-state index contributed by atoms with van der Waals surface area (Å²) in [6.07, 6.45) is 4.82. The van der Waals surface area contributed by atoms with Crippen LogP contribution in [0.15, 0.2) is 48.7 Å². The first kappa shape index (κ1) is 13.8. The van der Waals surface area contributed by atoms with Crippen molar-refractivity contribution in [1.82, 2.24) is 4.98 Å². The third-order valence-electron chi connectivity index (χ3n) is 2.76. The van der Waals surface area contributed by atoms with Crippen molar-refractivity contribution in [2.45, 2.75) is 6.92 Å². The number of aromatic nitrogens is 1. The van der Waals surface area contributed by atoms with E-state index in [1.165, 1.54) is 6.08 Å². The maximum Gasteiger partial charge on any atom is 0.248 e. The van der Waals surface area contributed by atoms with E-state index >= 15 is 0 Å². The minimum Gasteiger partial charge on any atom is -0.496 e. The minimum atomic E-state index is -0.194. The van der Waals surface area contributed by atoms with Crippen LogP contribution < -0.4 is 10.1 Å². The van der Waals surface area contributed by atoms with Crippen LogP contribution in [0.25, 0.3) is 6.08 Å². The van der Waals surface area contributed by atoms with Gasteiger partial charge in [-0.1, -0.05) is 6.07 Å². The molecule has 20 heavy (non-hydrogen) atoms. The molecule has 0 spiro atoms. The molecule has 0 atom stereocenters. The Morgan fingerprint density at radius 1 is 1.30 bits per heavy atom. The second-order valence-corrected chi connectivity index (χ2v) is 4.26. The average Bonchev–Trinajstić information content (AvgIpc) is 2.46. The molecule has 0 aliphatic heterocycles. The van der Waals surface area contributed by atoms with Gasteiger partial charge in [0.15, 0.2) is 0 Å². The van der Waals surface area contributed by atoms with Crippen molar-refractivity contribution in [1.29, 1.82) is 0 Å². The average molecular weight is 268 g/mol. The van der Waals surface area contributed by atoms with Crippen molar-refractivity contribution in [3.8, 4) is 5.75 Å². The first-order valence-electron chi connectivity index (χ1n) is 6.24. The maximum atomic E-state index is 11.8. The monoisotopic (exact) mass is 268 g/mol. The van der Waals surface area contributed by atoms with Gasteiger partial charge in [-0.2, -0.15) is 0 Å². The van der Waals surface area contributed by atoms with Gasteiger partial charge in [-0.05, 0) is 48.9 Å². The van der Waals surface area contributed by atoms with Gasteiger partial charge < -0.3 is 10.1 Å². The highest BCUT2D eigenvalue weighted by atomic mass is 16.5. The standard InChI is InChI=1S/C16H16N2O2/c1-12-11-14(6-8-15(12)20-2)18-16(19)9-7-13-5-3-4-10-17-13/h3-11H,1-2H3,(H,18,19)/b9-7+. The smallest absolute Gasteiger partial charge is 0.248 e. The molecule has 1 amide bonds. The molecule has 4 nitrogen and oxygen atoms in total. The van der Waals surface area contributed by atoms with Gasteiger partial charge in [0.25, 0.3) is 0 Å². The fourth-order valence-corrected chi connectivity index (χ4v) is 1.78. The second kappa shape index (κ2) is 6.52. The highest BCUT2D eigenvalue weighted by Gasteiger charge is 2.02. The van der Waals surface area contributed by atoms with Crippen molar-refractivity contribution in [2.24, 2.45) is 0 Å². The van der Waals surface area contributed by atoms with Crippen molar-refractivity contribution >= 4 is 17.7 Å². The summed E-state index contributed by atoms with van der Waals surface area (Å²) in [6.45, 7) is 1.93. The Hall–Kier alpha value is -2.62. The molecule has 0 aliphatic rings. The van der Waals surface area contributed by atoms with Gasteiger partial charge in [-0.25, -0.2) is 0 Å². The molecule has 0 saturated carbocycles. The first-order valence-corrected chi connectivity index (χ1v) is 6.24. The van der Waals surface area contributed by atoms with E-state index in [9.17, 15) is 4.79 Å². The van der Waals surface area contributed by atoms with Crippen LogP contribution in [0.4, 0.5) is 5.69 Å². The lowest BCUT2D eigenvalue weighted by molar-refractivity contribution is -0.111. The van der Waals surface area contributed by atoms with Gasteiger partial charge in [-0.15, -0.1) is 0 Å². The number of hydrogen-bond donors (Lipinski definition) is 1. The molecule has 1 aromatic carbocycles. The normalized spacial score (nSPS) is 10.5. The van der Waals surface area contributed by atoms with Crippen molar-refractivity contribution < 1.29 is 9.53 Å². The van der Waals surface area contributed by atoms with Crippen LogP contribution in [0.2, 0.25) is 0 Å². The Balaban J connectivity index is 2.01. The SMILES string of the molecule is COc1ccc(NC(=O)/C=C/c2ccccn2)cc1C. The number of methoxy groups -OCH3 is 1. The van der Waals surface area contributed by atoms with Crippen molar-refractivity contribution in [3.05, 3.63) is 59.9 Å². The summed E-state index contributed by atoms with van der Waals surface area (Å²) in [5.41, 5.74) is 2.45. The predicted octanol–water partition coefficient (Wildman–Crippen LogP) is 3.05. The summed E-state index contributed by atoms with van der Waals surface area (Å²) >= 11 is 0. The largest absolute Gasteiger partial charge is 0.496 e. The van der Waals surface area contributed by atoms with Gasteiger partial charge >= 0.3 is 0 Å². The number of nitrogens with zero attached hydrogens (tertiary/aromatic N) is 1. The fourth-order valence-electron chi connectivity index (χ4n) is 1.78. The lowest BCUT2D eigenvalue weighted by Crippen LogP contribution is -2.08. The summed E-state index contributed by atoms with van der Waals surface area (Å²) in [4.78, 5) is 15.9. The Morgan fingerprint density at radius 3 is 2.80 bits per heavy atom. The van der Waals surface area contributed by atoms with Crippen LogP contribution >= 0.6 is 0 Å². The molecule has 1 N–H and O–H groups in total. The first-order chi connectivity index (χ1) is 9.69. The van der Waals surface area contributed by atoms with E-state index in [0.29, 0.717) is 0 Å². The summed E-state index contributed by atoms with van der Waals surface area (Å²) in [5, 5.41) is 2.80. The van der Waals surface area contributed by atoms with Gasteiger partial charge in [0.1, 0.15) is 5.75 Å². The number of anilines is 1. The van der Waals surface area contributed by atoms with Gasteiger partial charge in [0.2, 0.25) is 5.91 Å². The second-order valence-electron chi connectivity index (χ2n) is 4.26. The molecule has 2 aromatic rings. The number of hydrogen-bond acceptors (Lipinski definition) is 3. The summed E-state index contributed by atoms with van der Waals surface area (Å²) in [6, 6.07) is 11.0. The van der Waals surface area contributed by atoms with E-state index in [2.05, 4.69) is 10.3 Å². The molecule has 1 aromatic heterocycles. The lowest BCUT2D eigenvalue weighted by Gasteiger charge is -2.07. The zero-order chi connectivity index (χ0) is 14.4. The number of rotatable bonds is 4. The molecule has 0 bridgehead atoms. The summed E-state index contributed by atoms with van der Waals surface area (Å²) in [5.74, 6) is 0.604. The maximum absolute atomic E-state index is 11.8. The van der Waals surface area contributed by atoms with Crippen LogP contribution in [-0.2, 0) is 4.79 Å². The highest BCUT2D eigenvalue weighted by Crippen LogP contribution is 2.21. The number of ether oxygens (including phenoxy) is 1. The fraction of sp³-hybridized carbons (Fsp3) is 0.125. The van der Waals surface area contributed by atoms with E-state index in [4.69, 9.17) is 4.74 Å². The van der Waals surface area contributed by atoms with Crippen molar-refractivity contribution in [2.75, 3.05) is 12.4 Å². The number of aryl methyl sites for hydroxylation is 1. The molecule has 4 heteroatoms. The Kier molecular flexibility index (Phi) is 4.50. The molecule has 0 aliphatic carbocycles. The molecule has 102 valence electrons. The number of carbonyl (C=O) groups excluding carboxylic acids is 1. The predicted molar refractivity (Wildman–Crippen MR) is 79.6 cm³/mol. The summed E-state index contributed by atoms with van der Waals surface area (Å²) < 4.78 is 5.18. The number of carbonyl (C=O) groups is 1. The molecule has 2 rings (SSSR count). The Morgan fingerprint density at radius 2 is 2.15 bits per heavy atom. The zero-order valence-electron chi connectivity index (χ0n) is 11.5. The molecule has 0 unspecified atom stereocenters. The van der Waals surface area contributed by atoms with Crippen LogP contribution in [-0.4, -0.2) is 18.0 Å². The van der Waals surface area contributed by atoms with Crippen molar-refractivity contribution in [3.63, 3.8) is 0 Å². The van der Waals surface area contributed by atoms with Gasteiger partial charge in [-0.3, -0.25) is 9.78 Å². The third kappa shape index (κ3) is 3.68. The molecular weight excluding hydrogens is 252 g/mol. The number of amides is 1.